The van der Waals surface area contributed by atoms with Crippen molar-refractivity contribution in [2.45, 2.75) is 6.10 Å². The molecule has 1 aliphatic rings. The van der Waals surface area contributed by atoms with Gasteiger partial charge in [0.1, 0.15) is 17.3 Å². The number of ether oxygens (including phenoxy) is 3. The Morgan fingerprint density at radius 1 is 1.45 bits per heavy atom. The van der Waals surface area contributed by atoms with Gasteiger partial charge in [-0.05, 0) is 12.1 Å². The van der Waals surface area contributed by atoms with Crippen LogP contribution in [0.25, 0.3) is 0 Å². The summed E-state index contributed by atoms with van der Waals surface area (Å²) in [6, 6.07) is 7.05. The van der Waals surface area contributed by atoms with E-state index in [9.17, 15) is 4.79 Å². The Kier molecular flexibility index (Phi) is 5.28. The molecule has 20 heavy (non-hydrogen) atoms. The van der Waals surface area contributed by atoms with Crippen molar-refractivity contribution in [3.63, 3.8) is 0 Å². The van der Waals surface area contributed by atoms with Crippen LogP contribution in [-0.2, 0) is 14.3 Å². The van der Waals surface area contributed by atoms with Gasteiger partial charge < -0.3 is 25.3 Å². The van der Waals surface area contributed by atoms with Crippen molar-refractivity contribution in [2.24, 2.45) is 5.73 Å². The zero-order valence-corrected chi connectivity index (χ0v) is 11.7. The van der Waals surface area contributed by atoms with E-state index >= 15 is 0 Å². The molecule has 0 aliphatic carbocycles. The number of amides is 1. The number of carbonyl (C=O) groups is 1. The molecule has 1 saturated heterocycles. The average Bonchev–Trinajstić information content (AvgIpc) is 2.47. The highest BCUT2D eigenvalue weighted by Gasteiger charge is 2.23. The van der Waals surface area contributed by atoms with Gasteiger partial charge in [0, 0.05) is 0 Å². The van der Waals surface area contributed by atoms with Gasteiger partial charge in [-0.25, -0.2) is 0 Å². The number of benzene rings is 1. The Labute approximate surface area is 122 Å². The van der Waals surface area contributed by atoms with Crippen LogP contribution in [0.1, 0.15) is 0 Å². The normalized spacial score (nSPS) is 18.3. The van der Waals surface area contributed by atoms with Crippen molar-refractivity contribution < 1.29 is 19.0 Å². The fraction of sp³-hybridized carbons (Fsp3) is 0.385. The van der Waals surface area contributed by atoms with E-state index in [2.05, 4.69) is 5.32 Å². The largest absolute Gasteiger partial charge is 0.484 e. The molecule has 0 aromatic heterocycles. The van der Waals surface area contributed by atoms with E-state index in [-0.39, 0.29) is 24.1 Å². The van der Waals surface area contributed by atoms with Crippen molar-refractivity contribution in [2.75, 3.05) is 31.7 Å². The number of hydrogen-bond donors (Lipinski definition) is 2. The Bertz CT molecular complexity index is 489. The number of carbonyl (C=O) groups excluding carboxylic acids is 1. The van der Waals surface area contributed by atoms with E-state index < -0.39 is 6.10 Å². The molecular weight excluding hydrogens is 280 g/mol. The summed E-state index contributed by atoms with van der Waals surface area (Å²) in [5.74, 6) is 0.237. The van der Waals surface area contributed by atoms with Crippen molar-refractivity contribution >= 4 is 28.8 Å². The zero-order valence-electron chi connectivity index (χ0n) is 10.8. The predicted octanol–water partition coefficient (Wildman–Crippen LogP) is 0.705. The third-order valence-electron chi connectivity index (χ3n) is 2.62. The van der Waals surface area contributed by atoms with Gasteiger partial charge in [0.2, 0.25) is 0 Å². The summed E-state index contributed by atoms with van der Waals surface area (Å²) >= 11 is 4.76. The topological polar surface area (TPSA) is 82.8 Å². The molecule has 0 radical (unpaired) electrons. The fourth-order valence-electron chi connectivity index (χ4n) is 1.70. The minimum atomic E-state index is -0.604. The first-order valence-corrected chi connectivity index (χ1v) is 6.58. The molecule has 7 heteroatoms. The quantitative estimate of drug-likeness (QED) is 0.779. The molecule has 1 aromatic carbocycles. The van der Waals surface area contributed by atoms with E-state index in [4.69, 9.17) is 32.2 Å². The van der Waals surface area contributed by atoms with Crippen molar-refractivity contribution in [3.8, 4) is 5.75 Å². The van der Waals surface area contributed by atoms with Crippen molar-refractivity contribution in [3.05, 3.63) is 24.3 Å². The van der Waals surface area contributed by atoms with Gasteiger partial charge in [-0.2, -0.15) is 0 Å². The van der Waals surface area contributed by atoms with Crippen LogP contribution >= 0.6 is 12.2 Å². The number of nitrogens with two attached hydrogens (primary N) is 1. The smallest absolute Gasteiger partial charge is 0.256 e. The number of hydrogen-bond acceptors (Lipinski definition) is 5. The van der Waals surface area contributed by atoms with Gasteiger partial charge in [0.25, 0.3) is 5.91 Å². The van der Waals surface area contributed by atoms with E-state index in [0.29, 0.717) is 24.7 Å². The first kappa shape index (κ1) is 14.7. The van der Waals surface area contributed by atoms with Gasteiger partial charge in [0.05, 0.1) is 25.5 Å². The summed E-state index contributed by atoms with van der Waals surface area (Å²) in [6.45, 7) is 1.29. The monoisotopic (exact) mass is 296 g/mol. The second-order valence-electron chi connectivity index (χ2n) is 4.17. The van der Waals surface area contributed by atoms with Crippen molar-refractivity contribution in [1.29, 1.82) is 0 Å². The minimum absolute atomic E-state index is 0.116. The lowest BCUT2D eigenvalue weighted by atomic mass is 10.2. The highest BCUT2D eigenvalue weighted by Crippen LogP contribution is 2.24. The fourth-order valence-corrected chi connectivity index (χ4v) is 1.76. The third kappa shape index (κ3) is 4.16. The number of anilines is 1. The molecule has 1 aliphatic heterocycles. The molecule has 1 atom stereocenters. The summed E-state index contributed by atoms with van der Waals surface area (Å²) in [5, 5.41) is 2.75. The Hall–Kier alpha value is -1.70. The maximum absolute atomic E-state index is 12.0. The highest BCUT2D eigenvalue weighted by atomic mass is 32.1. The number of para-hydroxylation sites is 2. The summed E-state index contributed by atoms with van der Waals surface area (Å²) in [5.41, 5.74) is 5.94. The zero-order chi connectivity index (χ0) is 14.4. The molecule has 1 amide bonds. The lowest BCUT2D eigenvalue weighted by Crippen LogP contribution is -2.39. The third-order valence-corrected chi connectivity index (χ3v) is 2.74. The van der Waals surface area contributed by atoms with Crippen LogP contribution in [0.2, 0.25) is 0 Å². The van der Waals surface area contributed by atoms with Crippen LogP contribution in [0.5, 0.6) is 5.75 Å². The molecule has 108 valence electrons. The van der Waals surface area contributed by atoms with E-state index in [1.54, 1.807) is 24.3 Å². The molecule has 1 aromatic rings. The molecule has 6 nitrogen and oxygen atoms in total. The molecule has 0 spiro atoms. The van der Waals surface area contributed by atoms with Crippen LogP contribution in [0, 0.1) is 0 Å². The van der Waals surface area contributed by atoms with Gasteiger partial charge in [-0.3, -0.25) is 4.79 Å². The lowest BCUT2D eigenvalue weighted by Gasteiger charge is -2.22. The van der Waals surface area contributed by atoms with Gasteiger partial charge >= 0.3 is 0 Å². The van der Waals surface area contributed by atoms with E-state index in [0.717, 1.165) is 0 Å². The standard InChI is InChI=1S/C13H16N2O4S/c14-12(20)8-19-10-4-2-1-3-9(10)15-13(16)11-7-17-5-6-18-11/h1-4,11H,5-8H2,(H2,14,20)(H,15,16). The molecular formula is C13H16N2O4S. The molecule has 1 heterocycles. The average molecular weight is 296 g/mol. The van der Waals surface area contributed by atoms with Crippen molar-refractivity contribution in [1.82, 2.24) is 0 Å². The number of thiocarbonyl (C=S) groups is 1. The van der Waals surface area contributed by atoms with Crippen LogP contribution < -0.4 is 15.8 Å². The maximum Gasteiger partial charge on any atom is 0.256 e. The molecule has 1 unspecified atom stereocenters. The lowest BCUT2D eigenvalue weighted by molar-refractivity contribution is -0.142. The summed E-state index contributed by atoms with van der Waals surface area (Å²) < 4.78 is 16.0. The molecule has 1 fully saturated rings. The maximum atomic E-state index is 12.0. The first-order chi connectivity index (χ1) is 9.66. The van der Waals surface area contributed by atoms with E-state index in [1.807, 2.05) is 0 Å². The summed E-state index contributed by atoms with van der Waals surface area (Å²) in [6.07, 6.45) is -0.604. The van der Waals surface area contributed by atoms with Gasteiger partial charge in [0.15, 0.2) is 6.10 Å². The first-order valence-electron chi connectivity index (χ1n) is 6.17. The Balaban J connectivity index is 2.00. The molecule has 0 bridgehead atoms. The van der Waals surface area contributed by atoms with Crippen LogP contribution in [0.15, 0.2) is 24.3 Å². The summed E-state index contributed by atoms with van der Waals surface area (Å²) in [4.78, 5) is 12.3. The Morgan fingerprint density at radius 3 is 2.95 bits per heavy atom. The molecule has 3 N–H and O–H groups in total. The SMILES string of the molecule is NC(=S)COc1ccccc1NC(=O)C1COCCO1. The molecule has 0 saturated carbocycles. The van der Waals surface area contributed by atoms with Crippen LogP contribution in [-0.4, -0.2) is 43.4 Å². The van der Waals surface area contributed by atoms with Gasteiger partial charge in [-0.1, -0.05) is 24.4 Å². The minimum Gasteiger partial charge on any atom is -0.484 e. The van der Waals surface area contributed by atoms with Crippen LogP contribution in [0.4, 0.5) is 5.69 Å². The van der Waals surface area contributed by atoms with E-state index in [1.165, 1.54) is 0 Å². The summed E-state index contributed by atoms with van der Waals surface area (Å²) in [7, 11) is 0. The molecule has 2 rings (SSSR count). The van der Waals surface area contributed by atoms with Gasteiger partial charge in [-0.15, -0.1) is 0 Å². The highest BCUT2D eigenvalue weighted by molar-refractivity contribution is 7.80. The number of rotatable bonds is 5. The predicted molar refractivity (Wildman–Crippen MR) is 77.9 cm³/mol. The number of nitrogens with one attached hydrogen (secondary N) is 1. The van der Waals surface area contributed by atoms with Crippen LogP contribution in [0.3, 0.4) is 0 Å². The Morgan fingerprint density at radius 2 is 2.25 bits per heavy atom. The second-order valence-corrected chi connectivity index (χ2v) is 4.70. The second kappa shape index (κ2) is 7.18.